The van der Waals surface area contributed by atoms with Gasteiger partial charge >= 0.3 is 0 Å². The summed E-state index contributed by atoms with van der Waals surface area (Å²) in [6, 6.07) is 0. The smallest absolute Gasteiger partial charge is 0.235 e. The van der Waals surface area contributed by atoms with Crippen molar-refractivity contribution in [3.05, 3.63) is 0 Å². The Morgan fingerprint density at radius 2 is 1.80 bits per heavy atom. The zero-order chi connectivity index (χ0) is 11.5. The highest BCUT2D eigenvalue weighted by atomic mass is 32.1. The summed E-state index contributed by atoms with van der Waals surface area (Å²) in [5, 5.41) is 0. The highest BCUT2D eigenvalue weighted by Gasteiger charge is 2.41. The Labute approximate surface area is 97.0 Å². The van der Waals surface area contributed by atoms with Gasteiger partial charge in [0.15, 0.2) is 0 Å². The van der Waals surface area contributed by atoms with Gasteiger partial charge in [-0.05, 0) is 25.7 Å². The van der Waals surface area contributed by atoms with E-state index >= 15 is 0 Å². The zero-order valence-electron chi connectivity index (χ0n) is 9.58. The van der Waals surface area contributed by atoms with Gasteiger partial charge in [0.25, 0.3) is 0 Å². The molecule has 1 amide bonds. The molecule has 3 nitrogen and oxygen atoms in total. The lowest BCUT2D eigenvalue weighted by atomic mass is 9.81. The van der Waals surface area contributed by atoms with Crippen LogP contribution in [-0.2, 0) is 4.79 Å². The molecule has 0 spiro atoms. The molecule has 0 bridgehead atoms. The second-order valence-electron chi connectivity index (χ2n) is 4.15. The lowest BCUT2D eigenvalue weighted by Gasteiger charge is -2.33. The number of rotatable bonds is 4. The summed E-state index contributed by atoms with van der Waals surface area (Å²) in [6.45, 7) is 5.69. The van der Waals surface area contributed by atoms with Crippen LogP contribution in [0.25, 0.3) is 0 Å². The second-order valence-corrected chi connectivity index (χ2v) is 4.59. The van der Waals surface area contributed by atoms with Crippen molar-refractivity contribution in [1.29, 1.82) is 0 Å². The van der Waals surface area contributed by atoms with E-state index in [2.05, 4.69) is 0 Å². The molecule has 0 aliphatic carbocycles. The van der Waals surface area contributed by atoms with Gasteiger partial charge in [0.1, 0.15) is 0 Å². The normalized spacial score (nSPS) is 16.8. The van der Waals surface area contributed by atoms with Gasteiger partial charge < -0.3 is 10.6 Å². The third-order valence-electron chi connectivity index (χ3n) is 3.48. The van der Waals surface area contributed by atoms with Crippen molar-refractivity contribution in [2.45, 2.75) is 39.5 Å². The van der Waals surface area contributed by atoms with Gasteiger partial charge in [0.2, 0.25) is 5.91 Å². The third-order valence-corrected chi connectivity index (χ3v) is 3.87. The molecule has 1 aliphatic heterocycles. The van der Waals surface area contributed by atoms with E-state index in [0.717, 1.165) is 25.9 Å². The maximum atomic E-state index is 12.3. The molecule has 0 aromatic rings. The average Bonchev–Trinajstić information content (AvgIpc) is 2.72. The number of hydrogen-bond donors (Lipinski definition) is 1. The molecule has 1 rings (SSSR count). The molecule has 15 heavy (non-hydrogen) atoms. The van der Waals surface area contributed by atoms with Gasteiger partial charge in [-0.15, -0.1) is 0 Å². The summed E-state index contributed by atoms with van der Waals surface area (Å²) in [5.41, 5.74) is 5.15. The first-order chi connectivity index (χ1) is 7.08. The first-order valence-electron chi connectivity index (χ1n) is 5.67. The van der Waals surface area contributed by atoms with Crippen molar-refractivity contribution in [2.75, 3.05) is 13.1 Å². The molecule has 4 heteroatoms. The minimum absolute atomic E-state index is 0.137. The molecular weight excluding hydrogens is 208 g/mol. The largest absolute Gasteiger partial charge is 0.392 e. The summed E-state index contributed by atoms with van der Waals surface area (Å²) in [7, 11) is 0. The Morgan fingerprint density at radius 3 is 2.13 bits per heavy atom. The van der Waals surface area contributed by atoms with Crippen LogP contribution in [0.1, 0.15) is 39.5 Å². The molecule has 1 aliphatic rings. The lowest BCUT2D eigenvalue weighted by molar-refractivity contribution is -0.137. The van der Waals surface area contributed by atoms with E-state index in [1.54, 1.807) is 0 Å². The molecule has 1 heterocycles. The van der Waals surface area contributed by atoms with E-state index in [0.29, 0.717) is 17.8 Å². The Kier molecular flexibility index (Phi) is 4.08. The number of carbonyl (C=O) groups is 1. The van der Waals surface area contributed by atoms with Crippen LogP contribution in [0.3, 0.4) is 0 Å². The first-order valence-corrected chi connectivity index (χ1v) is 6.08. The number of nitrogens with zero attached hydrogens (tertiary/aromatic N) is 1. The van der Waals surface area contributed by atoms with Crippen molar-refractivity contribution < 1.29 is 4.79 Å². The van der Waals surface area contributed by atoms with Crippen molar-refractivity contribution in [1.82, 2.24) is 4.90 Å². The highest BCUT2D eigenvalue weighted by Crippen LogP contribution is 2.30. The second kappa shape index (κ2) is 4.92. The fourth-order valence-corrected chi connectivity index (χ4v) is 2.61. The molecule has 1 fully saturated rings. The fraction of sp³-hybridized carbons (Fsp3) is 0.818. The predicted octanol–water partition coefficient (Wildman–Crippen LogP) is 1.70. The van der Waals surface area contributed by atoms with Gasteiger partial charge in [-0.25, -0.2) is 0 Å². The van der Waals surface area contributed by atoms with Crippen molar-refractivity contribution in [2.24, 2.45) is 11.1 Å². The monoisotopic (exact) mass is 228 g/mol. The maximum Gasteiger partial charge on any atom is 0.235 e. The quantitative estimate of drug-likeness (QED) is 0.745. The molecule has 86 valence electrons. The number of hydrogen-bond acceptors (Lipinski definition) is 2. The van der Waals surface area contributed by atoms with Gasteiger partial charge in [-0.2, -0.15) is 0 Å². The van der Waals surface area contributed by atoms with Gasteiger partial charge in [0, 0.05) is 13.1 Å². The standard InChI is InChI=1S/C11H20N2OS/c1-3-11(4-2,9(12)15)10(14)13-7-5-6-8-13/h3-8H2,1-2H3,(H2,12,15). The molecule has 0 atom stereocenters. The van der Waals surface area contributed by atoms with Crippen LogP contribution in [-0.4, -0.2) is 28.9 Å². The van der Waals surface area contributed by atoms with Gasteiger partial charge in [0.05, 0.1) is 10.4 Å². The Morgan fingerprint density at radius 1 is 1.33 bits per heavy atom. The summed E-state index contributed by atoms with van der Waals surface area (Å²) in [5.74, 6) is 0.137. The Hall–Kier alpha value is -0.640. The van der Waals surface area contributed by atoms with Gasteiger partial charge in [-0.3, -0.25) is 4.79 Å². The van der Waals surface area contributed by atoms with Crippen LogP contribution in [0.4, 0.5) is 0 Å². The predicted molar refractivity (Wildman–Crippen MR) is 65.6 cm³/mol. The Bertz CT molecular complexity index is 255. The van der Waals surface area contributed by atoms with E-state index in [1.807, 2.05) is 18.7 Å². The van der Waals surface area contributed by atoms with E-state index < -0.39 is 5.41 Å². The topological polar surface area (TPSA) is 46.3 Å². The van der Waals surface area contributed by atoms with E-state index in [1.165, 1.54) is 0 Å². The lowest BCUT2D eigenvalue weighted by Crippen LogP contribution is -2.49. The third kappa shape index (κ3) is 2.14. The van der Waals surface area contributed by atoms with E-state index in [-0.39, 0.29) is 5.91 Å². The number of amides is 1. The van der Waals surface area contributed by atoms with Crippen molar-refractivity contribution >= 4 is 23.1 Å². The molecule has 2 N–H and O–H groups in total. The van der Waals surface area contributed by atoms with Gasteiger partial charge in [-0.1, -0.05) is 26.1 Å². The number of likely N-dealkylation sites (tertiary alicyclic amines) is 1. The zero-order valence-corrected chi connectivity index (χ0v) is 10.4. The first kappa shape index (κ1) is 12.4. The van der Waals surface area contributed by atoms with Crippen molar-refractivity contribution in [3.8, 4) is 0 Å². The minimum Gasteiger partial charge on any atom is -0.392 e. The fourth-order valence-electron chi connectivity index (χ4n) is 2.23. The molecule has 0 saturated carbocycles. The van der Waals surface area contributed by atoms with Crippen LogP contribution >= 0.6 is 12.2 Å². The van der Waals surface area contributed by atoms with Crippen LogP contribution < -0.4 is 5.73 Å². The Balaban J connectivity index is 2.87. The van der Waals surface area contributed by atoms with E-state index in [9.17, 15) is 4.79 Å². The number of thiocarbonyl (C=S) groups is 1. The molecule has 0 unspecified atom stereocenters. The minimum atomic E-state index is -0.598. The van der Waals surface area contributed by atoms with E-state index in [4.69, 9.17) is 18.0 Å². The average molecular weight is 228 g/mol. The maximum absolute atomic E-state index is 12.3. The van der Waals surface area contributed by atoms with Crippen LogP contribution in [0, 0.1) is 5.41 Å². The molecule has 0 aromatic heterocycles. The molecule has 0 radical (unpaired) electrons. The number of nitrogens with two attached hydrogens (primary N) is 1. The molecule has 0 aromatic carbocycles. The van der Waals surface area contributed by atoms with Crippen LogP contribution in [0.15, 0.2) is 0 Å². The summed E-state index contributed by atoms with van der Waals surface area (Å²) < 4.78 is 0. The summed E-state index contributed by atoms with van der Waals surface area (Å²) >= 11 is 5.07. The molecular formula is C11H20N2OS. The summed E-state index contributed by atoms with van der Waals surface area (Å²) in [4.78, 5) is 14.6. The molecule has 1 saturated heterocycles. The van der Waals surface area contributed by atoms with Crippen molar-refractivity contribution in [3.63, 3.8) is 0 Å². The SMILES string of the molecule is CCC(CC)(C(=O)N1CCCC1)C(N)=S. The number of carbonyl (C=O) groups excluding carboxylic acids is 1. The summed E-state index contributed by atoms with van der Waals surface area (Å²) in [6.07, 6.45) is 3.61. The van der Waals surface area contributed by atoms with Crippen LogP contribution in [0.2, 0.25) is 0 Å². The van der Waals surface area contributed by atoms with Crippen LogP contribution in [0.5, 0.6) is 0 Å². The highest BCUT2D eigenvalue weighted by molar-refractivity contribution is 7.80.